The Bertz CT molecular complexity index is 585. The van der Waals surface area contributed by atoms with Crippen LogP contribution in [0.5, 0.6) is 5.75 Å². The minimum Gasteiger partial charge on any atom is -0.497 e. The van der Waals surface area contributed by atoms with E-state index in [1.54, 1.807) is 14.0 Å². The Labute approximate surface area is 144 Å². The number of rotatable bonds is 3. The minimum atomic E-state index is -0.209. The molecule has 4 nitrogen and oxygen atoms in total. The lowest BCUT2D eigenvalue weighted by molar-refractivity contribution is -0.153. The summed E-state index contributed by atoms with van der Waals surface area (Å²) >= 11 is 0. The molecule has 2 fully saturated rings. The largest absolute Gasteiger partial charge is 0.497 e. The Balaban J connectivity index is 1.87. The molecule has 24 heavy (non-hydrogen) atoms. The smallest absolute Gasteiger partial charge is 0.217 e. The third-order valence-corrected chi connectivity index (χ3v) is 5.77. The van der Waals surface area contributed by atoms with Crippen molar-refractivity contribution in [2.24, 2.45) is 11.8 Å². The van der Waals surface area contributed by atoms with E-state index in [0.29, 0.717) is 11.8 Å². The molecule has 1 N–H and O–H groups in total. The van der Waals surface area contributed by atoms with E-state index in [1.165, 1.54) is 6.42 Å². The van der Waals surface area contributed by atoms with Crippen molar-refractivity contribution in [3.8, 4) is 5.75 Å². The fourth-order valence-electron chi connectivity index (χ4n) is 4.56. The Morgan fingerprint density at radius 3 is 2.62 bits per heavy atom. The minimum absolute atomic E-state index is 0.0132. The molecule has 0 spiro atoms. The highest BCUT2D eigenvalue weighted by Crippen LogP contribution is 2.47. The molecule has 1 aromatic carbocycles. The van der Waals surface area contributed by atoms with Crippen LogP contribution in [0.2, 0.25) is 0 Å². The number of carbonyl (C=O) groups is 1. The molecular weight excluding hydrogens is 302 g/mol. The van der Waals surface area contributed by atoms with Gasteiger partial charge in [0.1, 0.15) is 5.75 Å². The average Bonchev–Trinajstić information content (AvgIpc) is 2.53. The van der Waals surface area contributed by atoms with Crippen LogP contribution in [-0.2, 0) is 9.53 Å². The van der Waals surface area contributed by atoms with Gasteiger partial charge in [0, 0.05) is 24.8 Å². The topological polar surface area (TPSA) is 47.6 Å². The summed E-state index contributed by atoms with van der Waals surface area (Å²) in [4.78, 5) is 11.8. The summed E-state index contributed by atoms with van der Waals surface area (Å²) < 4.78 is 11.8. The van der Waals surface area contributed by atoms with Gasteiger partial charge in [-0.1, -0.05) is 25.5 Å². The van der Waals surface area contributed by atoms with Crippen molar-refractivity contribution in [2.45, 2.75) is 64.2 Å². The van der Waals surface area contributed by atoms with E-state index in [1.807, 2.05) is 12.1 Å². The second-order valence-corrected chi connectivity index (χ2v) is 7.76. The molecule has 0 aromatic heterocycles. The number of benzene rings is 1. The van der Waals surface area contributed by atoms with E-state index in [-0.39, 0.29) is 23.7 Å². The molecule has 0 radical (unpaired) electrons. The maximum Gasteiger partial charge on any atom is 0.217 e. The molecule has 1 amide bonds. The Morgan fingerprint density at radius 2 is 2.00 bits per heavy atom. The van der Waals surface area contributed by atoms with Gasteiger partial charge in [-0.05, 0) is 43.4 Å². The summed E-state index contributed by atoms with van der Waals surface area (Å²) in [5, 5.41) is 3.25. The first-order valence-electron chi connectivity index (χ1n) is 8.99. The van der Waals surface area contributed by atoms with E-state index in [9.17, 15) is 4.79 Å². The highest BCUT2D eigenvalue weighted by Gasteiger charge is 2.49. The van der Waals surface area contributed by atoms with E-state index in [0.717, 1.165) is 30.6 Å². The lowest BCUT2D eigenvalue weighted by atomic mass is 9.66. The molecule has 1 aromatic rings. The number of hydrogen-bond donors (Lipinski definition) is 1. The molecule has 4 heteroatoms. The zero-order valence-electron chi connectivity index (χ0n) is 15.2. The lowest BCUT2D eigenvalue weighted by Gasteiger charge is -2.52. The van der Waals surface area contributed by atoms with Gasteiger partial charge in [0.15, 0.2) is 0 Å². The number of fused-ring (bicyclic) bond motifs is 1. The predicted octanol–water partition coefficient (Wildman–Crippen LogP) is 3.86. The number of nitrogens with one attached hydrogen (secondary N) is 1. The van der Waals surface area contributed by atoms with Crippen LogP contribution in [0.4, 0.5) is 0 Å². The van der Waals surface area contributed by atoms with E-state index in [4.69, 9.17) is 9.47 Å². The molecule has 3 rings (SSSR count). The highest BCUT2D eigenvalue weighted by atomic mass is 16.5. The van der Waals surface area contributed by atoms with Crippen LogP contribution in [0.1, 0.15) is 58.1 Å². The molecule has 5 atom stereocenters. The molecule has 0 bridgehead atoms. The zero-order valence-corrected chi connectivity index (χ0v) is 15.2. The molecule has 132 valence electrons. The van der Waals surface area contributed by atoms with Crippen molar-refractivity contribution in [2.75, 3.05) is 7.11 Å². The van der Waals surface area contributed by atoms with E-state index >= 15 is 0 Å². The van der Waals surface area contributed by atoms with Gasteiger partial charge >= 0.3 is 0 Å². The standard InChI is InChI=1S/C20H29NO3/c1-13-5-10-17-18(11-13)24-19(12-20(17,3)21-14(2)22)15-6-8-16(23-4)9-7-15/h6-9,13,17-19H,5,10-12H2,1-4H3,(H,21,22)/t13-,17-,18-,19-,20-/m0/s1. The summed E-state index contributed by atoms with van der Waals surface area (Å²) in [5.74, 6) is 1.98. The van der Waals surface area contributed by atoms with Gasteiger partial charge in [-0.2, -0.15) is 0 Å². The summed E-state index contributed by atoms with van der Waals surface area (Å²) in [5.41, 5.74) is 0.948. The van der Waals surface area contributed by atoms with Gasteiger partial charge in [-0.15, -0.1) is 0 Å². The normalized spacial score (nSPS) is 35.8. The summed E-state index contributed by atoms with van der Waals surface area (Å²) in [6, 6.07) is 8.10. The van der Waals surface area contributed by atoms with Crippen LogP contribution in [0.3, 0.4) is 0 Å². The fourth-order valence-corrected chi connectivity index (χ4v) is 4.56. The van der Waals surface area contributed by atoms with Crippen molar-refractivity contribution in [1.29, 1.82) is 0 Å². The molecule has 1 aliphatic carbocycles. The van der Waals surface area contributed by atoms with Gasteiger partial charge in [0.2, 0.25) is 5.91 Å². The first kappa shape index (κ1) is 17.3. The van der Waals surface area contributed by atoms with Crippen molar-refractivity contribution >= 4 is 5.91 Å². The Kier molecular flexibility index (Phi) is 4.86. The molecule has 1 aliphatic heterocycles. The van der Waals surface area contributed by atoms with Gasteiger partial charge in [0.05, 0.1) is 19.3 Å². The molecular formula is C20H29NO3. The van der Waals surface area contributed by atoms with Crippen LogP contribution < -0.4 is 10.1 Å². The first-order valence-corrected chi connectivity index (χ1v) is 8.99. The van der Waals surface area contributed by atoms with Crippen LogP contribution in [0, 0.1) is 11.8 Å². The predicted molar refractivity (Wildman–Crippen MR) is 94.0 cm³/mol. The second kappa shape index (κ2) is 6.75. The average molecular weight is 331 g/mol. The summed E-state index contributed by atoms with van der Waals surface area (Å²) in [6.07, 6.45) is 4.46. The van der Waals surface area contributed by atoms with Gasteiger partial charge in [-0.3, -0.25) is 4.79 Å². The number of carbonyl (C=O) groups excluding carboxylic acids is 1. The first-order chi connectivity index (χ1) is 11.4. The molecule has 1 saturated heterocycles. The third kappa shape index (κ3) is 3.44. The fraction of sp³-hybridized carbons (Fsp3) is 0.650. The SMILES string of the molecule is COc1ccc([C@@H]2C[C@](C)(NC(C)=O)[C@H]3CC[C@H](C)C[C@@H]3O2)cc1. The van der Waals surface area contributed by atoms with E-state index < -0.39 is 0 Å². The zero-order chi connectivity index (χ0) is 17.3. The van der Waals surface area contributed by atoms with Crippen molar-refractivity contribution in [1.82, 2.24) is 5.32 Å². The number of ether oxygens (including phenoxy) is 2. The number of hydrogen-bond acceptors (Lipinski definition) is 3. The van der Waals surface area contributed by atoms with Crippen molar-refractivity contribution in [3.63, 3.8) is 0 Å². The molecule has 1 saturated carbocycles. The van der Waals surface area contributed by atoms with Crippen LogP contribution in [0.25, 0.3) is 0 Å². The molecule has 1 heterocycles. The quantitative estimate of drug-likeness (QED) is 0.915. The van der Waals surface area contributed by atoms with Gasteiger partial charge in [0.25, 0.3) is 0 Å². The van der Waals surface area contributed by atoms with Gasteiger partial charge in [-0.25, -0.2) is 0 Å². The molecule has 0 unspecified atom stereocenters. The number of methoxy groups -OCH3 is 1. The summed E-state index contributed by atoms with van der Waals surface area (Å²) in [6.45, 7) is 6.11. The van der Waals surface area contributed by atoms with Gasteiger partial charge < -0.3 is 14.8 Å². The highest BCUT2D eigenvalue weighted by molar-refractivity contribution is 5.73. The van der Waals surface area contributed by atoms with Crippen molar-refractivity contribution < 1.29 is 14.3 Å². The van der Waals surface area contributed by atoms with Crippen molar-refractivity contribution in [3.05, 3.63) is 29.8 Å². The lowest BCUT2D eigenvalue weighted by Crippen LogP contribution is -2.60. The number of amides is 1. The Hall–Kier alpha value is -1.55. The second-order valence-electron chi connectivity index (χ2n) is 7.76. The molecule has 2 aliphatic rings. The maximum absolute atomic E-state index is 11.8. The van der Waals surface area contributed by atoms with E-state index in [2.05, 4.69) is 31.3 Å². The summed E-state index contributed by atoms with van der Waals surface area (Å²) in [7, 11) is 1.67. The van der Waals surface area contributed by atoms with Crippen LogP contribution in [0.15, 0.2) is 24.3 Å². The van der Waals surface area contributed by atoms with Crippen LogP contribution >= 0.6 is 0 Å². The monoisotopic (exact) mass is 331 g/mol. The maximum atomic E-state index is 11.8. The Morgan fingerprint density at radius 1 is 1.29 bits per heavy atom. The van der Waals surface area contributed by atoms with Crippen LogP contribution in [-0.4, -0.2) is 24.7 Å². The third-order valence-electron chi connectivity index (χ3n) is 5.77.